The van der Waals surface area contributed by atoms with Crippen molar-refractivity contribution in [2.45, 2.75) is 49.8 Å². The summed E-state index contributed by atoms with van der Waals surface area (Å²) in [6, 6.07) is 4.64. The van der Waals surface area contributed by atoms with Crippen molar-refractivity contribution in [2.24, 2.45) is 5.73 Å². The SMILES string of the molecule is NC(CSC1CCCCC1)Cc1ccc(F)cc1Cl. The number of halogens is 2. The van der Waals surface area contributed by atoms with Crippen molar-refractivity contribution in [1.82, 2.24) is 0 Å². The fourth-order valence-corrected chi connectivity index (χ4v) is 4.07. The summed E-state index contributed by atoms with van der Waals surface area (Å²) in [6.45, 7) is 0. The van der Waals surface area contributed by atoms with Crippen LogP contribution < -0.4 is 5.73 Å². The van der Waals surface area contributed by atoms with Crippen LogP contribution in [0, 0.1) is 5.82 Å². The second kappa shape index (κ2) is 7.51. The number of rotatable bonds is 5. The van der Waals surface area contributed by atoms with Crippen LogP contribution in [0.15, 0.2) is 18.2 Å². The third-order valence-corrected chi connectivity index (χ3v) is 5.51. The first-order valence-corrected chi connectivity index (χ1v) is 8.39. The van der Waals surface area contributed by atoms with Crippen molar-refractivity contribution in [3.05, 3.63) is 34.6 Å². The van der Waals surface area contributed by atoms with E-state index in [1.165, 1.54) is 44.2 Å². The summed E-state index contributed by atoms with van der Waals surface area (Å²) in [5.74, 6) is 0.664. The van der Waals surface area contributed by atoms with Crippen LogP contribution in [0.25, 0.3) is 0 Å². The van der Waals surface area contributed by atoms with Gasteiger partial charge in [-0.05, 0) is 37.0 Å². The lowest BCUT2D eigenvalue weighted by atomic mass is 10.0. The molecule has 0 spiro atoms. The van der Waals surface area contributed by atoms with Gasteiger partial charge in [0.2, 0.25) is 0 Å². The van der Waals surface area contributed by atoms with Crippen LogP contribution in [-0.4, -0.2) is 17.0 Å². The Morgan fingerprint density at radius 1 is 1.32 bits per heavy atom. The Morgan fingerprint density at radius 2 is 2.05 bits per heavy atom. The number of hydrogen-bond acceptors (Lipinski definition) is 2. The zero-order chi connectivity index (χ0) is 13.7. The fourth-order valence-electron chi connectivity index (χ4n) is 2.52. The third kappa shape index (κ3) is 4.97. The van der Waals surface area contributed by atoms with Crippen molar-refractivity contribution in [1.29, 1.82) is 0 Å². The van der Waals surface area contributed by atoms with Gasteiger partial charge in [-0.25, -0.2) is 4.39 Å². The predicted octanol–water partition coefficient (Wildman–Crippen LogP) is 4.41. The molecule has 4 heteroatoms. The lowest BCUT2D eigenvalue weighted by Gasteiger charge is -2.22. The molecular formula is C15H21ClFNS. The zero-order valence-electron chi connectivity index (χ0n) is 11.1. The van der Waals surface area contributed by atoms with Crippen molar-refractivity contribution in [3.8, 4) is 0 Å². The highest BCUT2D eigenvalue weighted by Crippen LogP contribution is 2.29. The topological polar surface area (TPSA) is 26.0 Å². The van der Waals surface area contributed by atoms with Gasteiger partial charge in [0.05, 0.1) is 0 Å². The monoisotopic (exact) mass is 301 g/mol. The van der Waals surface area contributed by atoms with Crippen LogP contribution in [0.5, 0.6) is 0 Å². The summed E-state index contributed by atoms with van der Waals surface area (Å²) in [6.07, 6.45) is 7.48. The number of thioether (sulfide) groups is 1. The van der Waals surface area contributed by atoms with Crippen LogP contribution in [0.2, 0.25) is 5.02 Å². The minimum atomic E-state index is -0.293. The predicted molar refractivity (Wildman–Crippen MR) is 82.4 cm³/mol. The lowest BCUT2D eigenvalue weighted by molar-refractivity contribution is 0.515. The highest BCUT2D eigenvalue weighted by molar-refractivity contribution is 7.99. The molecule has 106 valence electrons. The highest BCUT2D eigenvalue weighted by atomic mass is 35.5. The van der Waals surface area contributed by atoms with E-state index in [0.717, 1.165) is 23.0 Å². The van der Waals surface area contributed by atoms with Crippen molar-refractivity contribution in [3.63, 3.8) is 0 Å². The van der Waals surface area contributed by atoms with Crippen LogP contribution in [0.1, 0.15) is 37.7 Å². The Bertz CT molecular complexity index is 407. The average Bonchev–Trinajstić information content (AvgIpc) is 2.41. The summed E-state index contributed by atoms with van der Waals surface area (Å²) >= 11 is 8.01. The minimum absolute atomic E-state index is 0.0925. The van der Waals surface area contributed by atoms with Gasteiger partial charge in [-0.2, -0.15) is 11.8 Å². The minimum Gasteiger partial charge on any atom is -0.327 e. The molecule has 1 aliphatic rings. The summed E-state index contributed by atoms with van der Waals surface area (Å²) < 4.78 is 13.0. The van der Waals surface area contributed by atoms with E-state index in [-0.39, 0.29) is 11.9 Å². The zero-order valence-corrected chi connectivity index (χ0v) is 12.7. The molecule has 0 bridgehead atoms. The van der Waals surface area contributed by atoms with E-state index in [4.69, 9.17) is 17.3 Å². The maximum absolute atomic E-state index is 13.0. The Morgan fingerprint density at radius 3 is 2.74 bits per heavy atom. The quantitative estimate of drug-likeness (QED) is 0.871. The molecule has 1 nitrogen and oxygen atoms in total. The number of nitrogens with two attached hydrogens (primary N) is 1. The van der Waals surface area contributed by atoms with Gasteiger partial charge >= 0.3 is 0 Å². The molecule has 19 heavy (non-hydrogen) atoms. The Hall–Kier alpha value is -0.250. The highest BCUT2D eigenvalue weighted by Gasteiger charge is 2.16. The molecule has 1 aliphatic carbocycles. The normalized spacial score (nSPS) is 18.5. The van der Waals surface area contributed by atoms with Gasteiger partial charge in [-0.15, -0.1) is 0 Å². The summed E-state index contributed by atoms with van der Waals surface area (Å²) in [7, 11) is 0. The van der Waals surface area contributed by atoms with Gasteiger partial charge in [0, 0.05) is 22.1 Å². The summed E-state index contributed by atoms with van der Waals surface area (Å²) in [4.78, 5) is 0. The van der Waals surface area contributed by atoms with Gasteiger partial charge in [0.1, 0.15) is 5.82 Å². The molecule has 2 rings (SSSR count). The van der Waals surface area contributed by atoms with Gasteiger partial charge in [0.25, 0.3) is 0 Å². The fraction of sp³-hybridized carbons (Fsp3) is 0.600. The molecule has 1 atom stereocenters. The van der Waals surface area contributed by atoms with E-state index >= 15 is 0 Å². The second-order valence-electron chi connectivity index (χ2n) is 5.29. The maximum Gasteiger partial charge on any atom is 0.124 e. The molecular weight excluding hydrogens is 281 g/mol. The Balaban J connectivity index is 1.78. The summed E-state index contributed by atoms with van der Waals surface area (Å²) in [5, 5.41) is 1.27. The molecule has 2 N–H and O–H groups in total. The van der Waals surface area contributed by atoms with E-state index < -0.39 is 0 Å². The molecule has 0 aromatic heterocycles. The molecule has 0 heterocycles. The van der Waals surface area contributed by atoms with Crippen molar-refractivity contribution >= 4 is 23.4 Å². The molecule has 0 amide bonds. The standard InChI is InChI=1S/C15H21ClFNS/c16-15-9-12(17)7-6-11(15)8-13(18)10-19-14-4-2-1-3-5-14/h6-7,9,13-14H,1-5,8,10,18H2. The molecule has 0 saturated heterocycles. The van der Waals surface area contributed by atoms with E-state index in [9.17, 15) is 4.39 Å². The first-order valence-electron chi connectivity index (χ1n) is 6.96. The number of hydrogen-bond donors (Lipinski definition) is 1. The van der Waals surface area contributed by atoms with Gasteiger partial charge in [-0.1, -0.05) is 36.9 Å². The van der Waals surface area contributed by atoms with E-state index in [1.54, 1.807) is 6.07 Å². The van der Waals surface area contributed by atoms with Gasteiger partial charge < -0.3 is 5.73 Å². The van der Waals surface area contributed by atoms with E-state index in [0.29, 0.717) is 5.02 Å². The van der Waals surface area contributed by atoms with Gasteiger partial charge in [0.15, 0.2) is 0 Å². The van der Waals surface area contributed by atoms with Crippen LogP contribution in [-0.2, 0) is 6.42 Å². The van der Waals surface area contributed by atoms with Crippen LogP contribution >= 0.6 is 23.4 Å². The van der Waals surface area contributed by atoms with Crippen molar-refractivity contribution in [2.75, 3.05) is 5.75 Å². The molecule has 1 fully saturated rings. The van der Waals surface area contributed by atoms with E-state index in [2.05, 4.69) is 0 Å². The van der Waals surface area contributed by atoms with Crippen molar-refractivity contribution < 1.29 is 4.39 Å². The molecule has 1 saturated carbocycles. The van der Waals surface area contributed by atoms with Crippen LogP contribution in [0.4, 0.5) is 4.39 Å². The molecule has 1 aromatic carbocycles. The molecule has 0 radical (unpaired) electrons. The van der Waals surface area contributed by atoms with Crippen LogP contribution in [0.3, 0.4) is 0 Å². The summed E-state index contributed by atoms with van der Waals surface area (Å²) in [5.41, 5.74) is 7.10. The Kier molecular flexibility index (Phi) is 5.99. The lowest BCUT2D eigenvalue weighted by Crippen LogP contribution is -2.27. The third-order valence-electron chi connectivity index (χ3n) is 3.60. The number of benzene rings is 1. The smallest absolute Gasteiger partial charge is 0.124 e. The average molecular weight is 302 g/mol. The first-order chi connectivity index (χ1) is 9.15. The molecule has 1 unspecified atom stereocenters. The second-order valence-corrected chi connectivity index (χ2v) is 7.03. The maximum atomic E-state index is 13.0. The largest absolute Gasteiger partial charge is 0.327 e. The molecule has 0 aliphatic heterocycles. The Labute approximate surface area is 124 Å². The first kappa shape index (κ1) is 15.1. The van der Waals surface area contributed by atoms with Gasteiger partial charge in [-0.3, -0.25) is 0 Å². The molecule has 1 aromatic rings. The van der Waals surface area contributed by atoms with E-state index in [1.807, 2.05) is 11.8 Å².